The van der Waals surface area contributed by atoms with E-state index in [1.54, 1.807) is 30.3 Å². The Kier molecular flexibility index (Phi) is 11.2. The fraction of sp³-hybridized carbons (Fsp3) is 0.212. The highest BCUT2D eigenvalue weighted by atomic mass is 79.9. The highest BCUT2D eigenvalue weighted by molar-refractivity contribution is 9.10. The maximum Gasteiger partial charge on any atom is 0.264 e. The number of hydrogen-bond acceptors (Lipinski definition) is 5. The number of ether oxygens (including phenoxy) is 1. The number of aryl methyl sites for hydroxylation is 1. The highest BCUT2D eigenvalue weighted by Gasteiger charge is 2.34. The molecule has 2 amide bonds. The smallest absolute Gasteiger partial charge is 0.264 e. The minimum atomic E-state index is -4.24. The first-order valence-corrected chi connectivity index (χ1v) is 16.8. The standard InChI is InChI=1S/C33H33Br2N3O5S/c1-23-9-15-27(16-10-23)38(44(41,42)28-17-18-31(43-3)29(35)20-28)22-32(39)37(21-25-11-13-26(34)14-12-25)30(33(40)36-2)19-24-7-5-4-6-8-24/h4-18,20,30H,19,21-22H2,1-3H3,(H,36,40). The molecule has 0 aliphatic heterocycles. The van der Waals surface area contributed by atoms with Gasteiger partial charge in [0.25, 0.3) is 10.0 Å². The van der Waals surface area contributed by atoms with Crippen LogP contribution in [0.3, 0.4) is 0 Å². The average molecular weight is 744 g/mol. The minimum Gasteiger partial charge on any atom is -0.496 e. The molecule has 4 rings (SSSR count). The Labute approximate surface area is 275 Å². The summed E-state index contributed by atoms with van der Waals surface area (Å²) in [5.74, 6) is -0.422. The van der Waals surface area contributed by atoms with Gasteiger partial charge in [0.15, 0.2) is 0 Å². The van der Waals surface area contributed by atoms with Gasteiger partial charge in [-0.1, -0.05) is 76.1 Å². The fourth-order valence-electron chi connectivity index (χ4n) is 4.68. The first kappa shape index (κ1) is 33.2. The third-order valence-electron chi connectivity index (χ3n) is 7.10. The SMILES string of the molecule is CNC(=O)C(Cc1ccccc1)N(Cc1ccc(Br)cc1)C(=O)CN(c1ccc(C)cc1)S(=O)(=O)c1ccc(OC)c(Br)c1. The number of carbonyl (C=O) groups excluding carboxylic acids is 2. The van der Waals surface area contributed by atoms with E-state index in [1.807, 2.05) is 61.5 Å². The number of amides is 2. The molecule has 11 heteroatoms. The number of rotatable bonds is 12. The Bertz CT molecular complexity index is 1700. The van der Waals surface area contributed by atoms with Crippen molar-refractivity contribution in [2.45, 2.75) is 30.8 Å². The van der Waals surface area contributed by atoms with Crippen molar-refractivity contribution in [3.8, 4) is 5.75 Å². The summed E-state index contributed by atoms with van der Waals surface area (Å²) in [5.41, 5.74) is 2.90. The lowest BCUT2D eigenvalue weighted by atomic mass is 10.0. The van der Waals surface area contributed by atoms with Gasteiger partial charge in [-0.15, -0.1) is 0 Å². The summed E-state index contributed by atoms with van der Waals surface area (Å²) >= 11 is 6.82. The predicted octanol–water partition coefficient (Wildman–Crippen LogP) is 6.11. The van der Waals surface area contributed by atoms with E-state index in [1.165, 1.54) is 31.2 Å². The van der Waals surface area contributed by atoms with Crippen molar-refractivity contribution < 1.29 is 22.7 Å². The van der Waals surface area contributed by atoms with E-state index < -0.39 is 28.5 Å². The molecule has 0 heterocycles. The third-order valence-corrected chi connectivity index (χ3v) is 10.0. The molecule has 1 N–H and O–H groups in total. The van der Waals surface area contributed by atoms with Crippen LogP contribution in [0.15, 0.2) is 111 Å². The monoisotopic (exact) mass is 741 g/mol. The van der Waals surface area contributed by atoms with E-state index >= 15 is 0 Å². The molecule has 4 aromatic carbocycles. The fourth-order valence-corrected chi connectivity index (χ4v) is 7.08. The van der Waals surface area contributed by atoms with Crippen molar-refractivity contribution in [3.05, 3.63) is 123 Å². The van der Waals surface area contributed by atoms with Crippen LogP contribution in [-0.2, 0) is 32.6 Å². The quantitative estimate of drug-likeness (QED) is 0.189. The molecule has 0 spiro atoms. The molecule has 1 unspecified atom stereocenters. The normalized spacial score (nSPS) is 11.8. The summed E-state index contributed by atoms with van der Waals surface area (Å²) in [6.07, 6.45) is 0.242. The van der Waals surface area contributed by atoms with E-state index in [0.29, 0.717) is 15.9 Å². The number of benzene rings is 4. The lowest BCUT2D eigenvalue weighted by molar-refractivity contribution is -0.139. The number of halogens is 2. The Hall–Kier alpha value is -3.67. The second-order valence-corrected chi connectivity index (χ2v) is 13.7. The number of nitrogens with one attached hydrogen (secondary N) is 1. The third kappa shape index (κ3) is 8.08. The molecule has 8 nitrogen and oxygen atoms in total. The topological polar surface area (TPSA) is 96.0 Å². The van der Waals surface area contributed by atoms with Gasteiger partial charge < -0.3 is 15.0 Å². The zero-order chi connectivity index (χ0) is 31.9. The first-order chi connectivity index (χ1) is 21.0. The van der Waals surface area contributed by atoms with Crippen LogP contribution in [-0.4, -0.2) is 51.9 Å². The van der Waals surface area contributed by atoms with Gasteiger partial charge in [0.1, 0.15) is 18.3 Å². The number of anilines is 1. The molecule has 0 aliphatic carbocycles. The Morgan fingerprint density at radius 1 is 0.886 bits per heavy atom. The molecule has 0 aliphatic rings. The van der Waals surface area contributed by atoms with Crippen molar-refractivity contribution in [1.82, 2.24) is 10.2 Å². The predicted molar refractivity (Wildman–Crippen MR) is 179 cm³/mol. The number of hydrogen-bond donors (Lipinski definition) is 1. The maximum atomic E-state index is 14.4. The lowest BCUT2D eigenvalue weighted by Crippen LogP contribution is -2.53. The van der Waals surface area contributed by atoms with Crippen molar-refractivity contribution in [2.75, 3.05) is 25.0 Å². The van der Waals surface area contributed by atoms with Gasteiger partial charge in [0.05, 0.1) is 22.2 Å². The summed E-state index contributed by atoms with van der Waals surface area (Å²) in [4.78, 5) is 29.1. The Balaban J connectivity index is 1.79. The van der Waals surface area contributed by atoms with E-state index in [2.05, 4.69) is 37.2 Å². The Morgan fingerprint density at radius 3 is 2.14 bits per heavy atom. The molecule has 0 saturated heterocycles. The molecule has 0 fully saturated rings. The van der Waals surface area contributed by atoms with Crippen LogP contribution < -0.4 is 14.4 Å². The van der Waals surface area contributed by atoms with Gasteiger partial charge in [-0.05, 0) is 76.4 Å². The number of carbonyl (C=O) groups is 2. The van der Waals surface area contributed by atoms with Gasteiger partial charge >= 0.3 is 0 Å². The Morgan fingerprint density at radius 2 is 1.55 bits per heavy atom. The molecule has 1 atom stereocenters. The van der Waals surface area contributed by atoms with Gasteiger partial charge in [-0.2, -0.15) is 0 Å². The molecule has 0 bridgehead atoms. The van der Waals surface area contributed by atoms with E-state index in [4.69, 9.17) is 4.74 Å². The largest absolute Gasteiger partial charge is 0.496 e. The summed E-state index contributed by atoms with van der Waals surface area (Å²) in [6, 6.07) is 27.3. The van der Waals surface area contributed by atoms with Crippen molar-refractivity contribution in [2.24, 2.45) is 0 Å². The first-order valence-electron chi connectivity index (χ1n) is 13.8. The lowest BCUT2D eigenvalue weighted by Gasteiger charge is -2.33. The average Bonchev–Trinajstić information content (AvgIpc) is 3.02. The van der Waals surface area contributed by atoms with Gasteiger partial charge in [-0.25, -0.2) is 8.42 Å². The highest BCUT2D eigenvalue weighted by Crippen LogP contribution is 2.31. The van der Waals surface area contributed by atoms with Crippen LogP contribution in [0.5, 0.6) is 5.75 Å². The van der Waals surface area contributed by atoms with Crippen LogP contribution in [0, 0.1) is 6.92 Å². The van der Waals surface area contributed by atoms with Gasteiger partial charge in [-0.3, -0.25) is 13.9 Å². The molecule has 230 valence electrons. The number of methoxy groups -OCH3 is 1. The molecule has 0 saturated carbocycles. The van der Waals surface area contributed by atoms with E-state index in [0.717, 1.165) is 25.5 Å². The molecule has 4 aromatic rings. The van der Waals surface area contributed by atoms with Gasteiger partial charge in [0, 0.05) is 24.5 Å². The van der Waals surface area contributed by atoms with E-state index in [-0.39, 0.29) is 23.8 Å². The molecule has 44 heavy (non-hydrogen) atoms. The van der Waals surface area contributed by atoms with Gasteiger partial charge in [0.2, 0.25) is 11.8 Å². The molecular weight excluding hydrogens is 710 g/mol. The number of likely N-dealkylation sites (N-methyl/N-ethyl adjacent to an activating group) is 1. The summed E-state index contributed by atoms with van der Waals surface area (Å²) in [7, 11) is -1.23. The number of nitrogens with zero attached hydrogens (tertiary/aromatic N) is 2. The molecule has 0 aromatic heterocycles. The molecule has 0 radical (unpaired) electrons. The molecular formula is C33H33Br2N3O5S. The van der Waals surface area contributed by atoms with Crippen molar-refractivity contribution >= 4 is 59.4 Å². The summed E-state index contributed by atoms with van der Waals surface area (Å²) in [5, 5.41) is 2.69. The summed E-state index contributed by atoms with van der Waals surface area (Å²) < 4.78 is 36.1. The maximum absolute atomic E-state index is 14.4. The van der Waals surface area contributed by atoms with Crippen LogP contribution in [0.25, 0.3) is 0 Å². The zero-order valence-corrected chi connectivity index (χ0v) is 28.5. The second kappa shape index (κ2) is 14.9. The van der Waals surface area contributed by atoms with Crippen LogP contribution in [0.1, 0.15) is 16.7 Å². The van der Waals surface area contributed by atoms with Crippen molar-refractivity contribution in [1.29, 1.82) is 0 Å². The summed E-state index contributed by atoms with van der Waals surface area (Å²) in [6.45, 7) is 1.45. The van der Waals surface area contributed by atoms with E-state index in [9.17, 15) is 18.0 Å². The zero-order valence-electron chi connectivity index (χ0n) is 24.5. The second-order valence-electron chi connectivity index (χ2n) is 10.1. The van der Waals surface area contributed by atoms with Crippen LogP contribution in [0.4, 0.5) is 5.69 Å². The van der Waals surface area contributed by atoms with Crippen molar-refractivity contribution in [3.63, 3.8) is 0 Å². The minimum absolute atomic E-state index is 0.0230. The number of sulfonamides is 1. The van der Waals surface area contributed by atoms with Crippen LogP contribution in [0.2, 0.25) is 0 Å². The van der Waals surface area contributed by atoms with Crippen LogP contribution >= 0.6 is 31.9 Å².